The Kier molecular flexibility index (Phi) is 5.83. The summed E-state index contributed by atoms with van der Waals surface area (Å²) in [4.78, 5) is 20.9. The minimum Gasteiger partial charge on any atom is -0.378 e. The van der Waals surface area contributed by atoms with Crippen molar-refractivity contribution in [1.29, 1.82) is 0 Å². The number of carbonyl (C=O) groups is 1. The number of halogens is 1. The van der Waals surface area contributed by atoms with Crippen LogP contribution in [-0.2, 0) is 21.1 Å². The number of fused-ring (bicyclic) bond motifs is 1. The monoisotopic (exact) mass is 463 g/mol. The highest BCUT2D eigenvalue weighted by atomic mass is 35.5. The number of amidine groups is 1. The van der Waals surface area contributed by atoms with Gasteiger partial charge >= 0.3 is 0 Å². The SMILES string of the molecule is CN(C)c1ccc(N2C(=NC(=O)Cc3ccc(Cl)cc3)S[C@@H]3CS(=O)(=O)C[C@@H]32)cc1. The van der Waals surface area contributed by atoms with Gasteiger partial charge in [-0.25, -0.2) is 8.42 Å². The number of aliphatic imine (C=N–C) groups is 1. The van der Waals surface area contributed by atoms with Crippen molar-refractivity contribution >= 4 is 55.6 Å². The van der Waals surface area contributed by atoms with Crippen LogP contribution in [0.3, 0.4) is 0 Å². The predicted molar refractivity (Wildman–Crippen MR) is 125 cm³/mol. The van der Waals surface area contributed by atoms with Gasteiger partial charge < -0.3 is 9.80 Å². The number of thioether (sulfide) groups is 1. The Morgan fingerprint density at radius 2 is 1.80 bits per heavy atom. The van der Waals surface area contributed by atoms with E-state index in [1.54, 1.807) is 24.3 Å². The summed E-state index contributed by atoms with van der Waals surface area (Å²) in [5, 5.41) is 1.06. The minimum atomic E-state index is -3.10. The van der Waals surface area contributed by atoms with E-state index in [9.17, 15) is 13.2 Å². The molecule has 30 heavy (non-hydrogen) atoms. The molecule has 0 aliphatic carbocycles. The number of hydrogen-bond donors (Lipinski definition) is 0. The lowest BCUT2D eigenvalue weighted by Gasteiger charge is -2.25. The van der Waals surface area contributed by atoms with Crippen molar-refractivity contribution in [3.8, 4) is 0 Å². The van der Waals surface area contributed by atoms with Crippen LogP contribution in [0.25, 0.3) is 0 Å². The van der Waals surface area contributed by atoms with Gasteiger partial charge in [0.05, 0.1) is 24.0 Å². The van der Waals surface area contributed by atoms with E-state index in [0.29, 0.717) is 10.2 Å². The molecular formula is C21H22ClN3O3S2. The second kappa shape index (κ2) is 8.24. The average Bonchev–Trinajstić information content (AvgIpc) is 3.14. The third-order valence-electron chi connectivity index (χ3n) is 5.20. The fraction of sp³-hybridized carbons (Fsp3) is 0.333. The molecule has 2 saturated heterocycles. The Morgan fingerprint density at radius 1 is 1.13 bits per heavy atom. The molecule has 0 N–H and O–H groups in total. The van der Waals surface area contributed by atoms with Crippen LogP contribution in [0.1, 0.15) is 5.56 Å². The lowest BCUT2D eigenvalue weighted by Crippen LogP contribution is -2.37. The molecule has 2 fully saturated rings. The topological polar surface area (TPSA) is 70.0 Å². The zero-order chi connectivity index (χ0) is 21.5. The summed E-state index contributed by atoms with van der Waals surface area (Å²) in [6.45, 7) is 0. The normalized spacial score (nSPS) is 23.6. The van der Waals surface area contributed by atoms with Gasteiger partial charge in [0.1, 0.15) is 0 Å². The molecule has 0 bridgehead atoms. The van der Waals surface area contributed by atoms with Crippen LogP contribution in [-0.4, -0.2) is 56.4 Å². The Morgan fingerprint density at radius 3 is 2.43 bits per heavy atom. The number of anilines is 2. The largest absolute Gasteiger partial charge is 0.378 e. The minimum absolute atomic E-state index is 0.0739. The van der Waals surface area contributed by atoms with Crippen LogP contribution in [0.15, 0.2) is 53.5 Å². The Bertz CT molecular complexity index is 1080. The zero-order valence-electron chi connectivity index (χ0n) is 16.7. The van der Waals surface area contributed by atoms with Crippen molar-refractivity contribution < 1.29 is 13.2 Å². The molecule has 2 aliphatic rings. The molecule has 4 rings (SSSR count). The van der Waals surface area contributed by atoms with Crippen LogP contribution >= 0.6 is 23.4 Å². The van der Waals surface area contributed by atoms with Gasteiger partial charge in [-0.3, -0.25) is 4.79 Å². The summed E-state index contributed by atoms with van der Waals surface area (Å²) >= 11 is 7.29. The average molecular weight is 464 g/mol. The Balaban J connectivity index is 1.62. The first-order chi connectivity index (χ1) is 14.2. The second-order valence-electron chi connectivity index (χ2n) is 7.67. The van der Waals surface area contributed by atoms with Gasteiger partial charge in [0.2, 0.25) is 0 Å². The predicted octanol–water partition coefficient (Wildman–Crippen LogP) is 3.25. The van der Waals surface area contributed by atoms with E-state index < -0.39 is 9.84 Å². The Hall–Kier alpha value is -2.03. The fourth-order valence-corrected chi connectivity index (χ4v) is 7.76. The number of rotatable bonds is 4. The zero-order valence-corrected chi connectivity index (χ0v) is 19.0. The van der Waals surface area contributed by atoms with Crippen molar-refractivity contribution in [2.24, 2.45) is 4.99 Å². The fourth-order valence-electron chi connectivity index (χ4n) is 3.70. The van der Waals surface area contributed by atoms with E-state index in [2.05, 4.69) is 4.99 Å². The van der Waals surface area contributed by atoms with Crippen LogP contribution in [0.5, 0.6) is 0 Å². The molecule has 0 saturated carbocycles. The maximum Gasteiger partial charge on any atom is 0.252 e. The van der Waals surface area contributed by atoms with E-state index in [1.165, 1.54) is 11.8 Å². The second-order valence-corrected chi connectivity index (χ2v) is 11.5. The van der Waals surface area contributed by atoms with Gasteiger partial charge in [0.25, 0.3) is 5.91 Å². The summed E-state index contributed by atoms with van der Waals surface area (Å²) in [6.07, 6.45) is 0.169. The van der Waals surface area contributed by atoms with Gasteiger partial charge in [0.15, 0.2) is 15.0 Å². The molecule has 2 atom stereocenters. The number of carbonyl (C=O) groups excluding carboxylic acids is 1. The van der Waals surface area contributed by atoms with Gasteiger partial charge in [-0.15, -0.1) is 0 Å². The first-order valence-corrected chi connectivity index (χ1v) is 12.6. The number of sulfone groups is 1. The van der Waals surface area contributed by atoms with Crippen molar-refractivity contribution in [3.63, 3.8) is 0 Å². The van der Waals surface area contributed by atoms with Gasteiger partial charge in [-0.1, -0.05) is 35.5 Å². The molecule has 2 aromatic rings. The van der Waals surface area contributed by atoms with E-state index in [0.717, 1.165) is 16.9 Å². The molecule has 0 radical (unpaired) electrons. The maximum atomic E-state index is 12.6. The van der Waals surface area contributed by atoms with E-state index in [-0.39, 0.29) is 35.1 Å². The molecule has 158 valence electrons. The number of nitrogens with zero attached hydrogens (tertiary/aromatic N) is 3. The van der Waals surface area contributed by atoms with Gasteiger partial charge in [0, 0.05) is 35.7 Å². The highest BCUT2D eigenvalue weighted by Crippen LogP contribution is 2.41. The van der Waals surface area contributed by atoms with Crippen LogP contribution in [0, 0.1) is 0 Å². The van der Waals surface area contributed by atoms with Crippen molar-refractivity contribution in [1.82, 2.24) is 0 Å². The van der Waals surface area contributed by atoms with Gasteiger partial charge in [-0.05, 0) is 42.0 Å². The molecule has 0 spiro atoms. The number of benzene rings is 2. The quantitative estimate of drug-likeness (QED) is 0.693. The molecule has 1 amide bonds. The van der Waals surface area contributed by atoms with Crippen molar-refractivity contribution in [2.75, 3.05) is 35.4 Å². The van der Waals surface area contributed by atoms with Crippen LogP contribution in [0.4, 0.5) is 11.4 Å². The highest BCUT2D eigenvalue weighted by molar-refractivity contribution is 8.16. The van der Waals surface area contributed by atoms with Gasteiger partial charge in [-0.2, -0.15) is 4.99 Å². The van der Waals surface area contributed by atoms with Crippen molar-refractivity contribution in [3.05, 3.63) is 59.1 Å². The molecular weight excluding hydrogens is 442 g/mol. The first kappa shape index (κ1) is 21.2. The molecule has 2 aromatic carbocycles. The summed E-state index contributed by atoms with van der Waals surface area (Å²) in [6, 6.07) is 14.7. The Labute approximate surface area is 185 Å². The lowest BCUT2D eigenvalue weighted by molar-refractivity contribution is -0.117. The summed E-state index contributed by atoms with van der Waals surface area (Å²) in [5.74, 6) is -0.0821. The summed E-state index contributed by atoms with van der Waals surface area (Å²) in [7, 11) is 0.826. The first-order valence-electron chi connectivity index (χ1n) is 9.51. The summed E-state index contributed by atoms with van der Waals surface area (Å²) in [5.41, 5.74) is 2.72. The highest BCUT2D eigenvalue weighted by Gasteiger charge is 2.49. The molecule has 6 nitrogen and oxygen atoms in total. The third kappa shape index (κ3) is 4.50. The third-order valence-corrected chi connectivity index (χ3v) is 8.66. The van der Waals surface area contributed by atoms with E-state index in [1.807, 2.05) is 48.2 Å². The molecule has 2 heterocycles. The van der Waals surface area contributed by atoms with Crippen LogP contribution < -0.4 is 9.80 Å². The number of hydrogen-bond acceptors (Lipinski definition) is 5. The molecule has 2 aliphatic heterocycles. The molecule has 0 unspecified atom stereocenters. The lowest BCUT2D eigenvalue weighted by atomic mass is 10.1. The molecule has 0 aromatic heterocycles. The smallest absolute Gasteiger partial charge is 0.252 e. The standard InChI is InChI=1S/C21H22ClN3O3S2/c1-24(2)16-7-9-17(10-8-16)25-18-12-30(27,28)13-19(18)29-21(25)23-20(26)11-14-3-5-15(22)6-4-14/h3-10,18-19H,11-13H2,1-2H3/t18-,19+/m0/s1. The molecule has 9 heteroatoms. The number of amides is 1. The maximum absolute atomic E-state index is 12.6. The summed E-state index contributed by atoms with van der Waals surface area (Å²) < 4.78 is 24.4. The van der Waals surface area contributed by atoms with Crippen LogP contribution in [0.2, 0.25) is 5.02 Å². The van der Waals surface area contributed by atoms with Crippen molar-refractivity contribution in [2.45, 2.75) is 17.7 Å². The van der Waals surface area contributed by atoms with E-state index in [4.69, 9.17) is 11.6 Å². The van der Waals surface area contributed by atoms with E-state index >= 15 is 0 Å².